The van der Waals surface area contributed by atoms with Crippen molar-refractivity contribution >= 4 is 11.9 Å². The summed E-state index contributed by atoms with van der Waals surface area (Å²) in [5.41, 5.74) is 0. The predicted octanol–water partition coefficient (Wildman–Crippen LogP) is 1.90. The van der Waals surface area contributed by atoms with Gasteiger partial charge in [0.25, 0.3) is 5.91 Å². The first-order valence-corrected chi connectivity index (χ1v) is 6.28. The van der Waals surface area contributed by atoms with Gasteiger partial charge in [-0.3, -0.25) is 9.69 Å². The number of hydrogen-bond acceptors (Lipinski definition) is 2. The van der Waals surface area contributed by atoms with Crippen LogP contribution in [0.5, 0.6) is 0 Å². The van der Waals surface area contributed by atoms with Crippen molar-refractivity contribution in [2.75, 3.05) is 0 Å². The first-order chi connectivity index (χ1) is 7.65. The second kappa shape index (κ2) is 4.44. The van der Waals surface area contributed by atoms with Crippen molar-refractivity contribution in [1.82, 2.24) is 10.2 Å². The number of carbonyl (C=O) groups excluding carboxylic acids is 2. The minimum absolute atomic E-state index is 0.00810. The summed E-state index contributed by atoms with van der Waals surface area (Å²) >= 11 is 0. The molecule has 0 bridgehead atoms. The smallest absolute Gasteiger partial charge is 0.325 e. The molecule has 0 spiro atoms. The quantitative estimate of drug-likeness (QED) is 0.744. The molecule has 1 N–H and O–H groups in total. The molecule has 0 aromatic carbocycles. The molecular weight excluding hydrogens is 204 g/mol. The zero-order valence-corrected chi connectivity index (χ0v) is 10.0. The van der Waals surface area contributed by atoms with E-state index in [2.05, 4.69) is 5.32 Å². The summed E-state index contributed by atoms with van der Waals surface area (Å²) in [6.45, 7) is 4.06. The molecule has 2 fully saturated rings. The van der Waals surface area contributed by atoms with Gasteiger partial charge >= 0.3 is 6.03 Å². The highest BCUT2D eigenvalue weighted by Gasteiger charge is 2.44. The fraction of sp³-hybridized carbons (Fsp3) is 0.833. The van der Waals surface area contributed by atoms with Crippen molar-refractivity contribution < 1.29 is 9.59 Å². The molecular formula is C12H20N2O2. The van der Waals surface area contributed by atoms with Crippen molar-refractivity contribution in [3.8, 4) is 0 Å². The van der Waals surface area contributed by atoms with E-state index in [9.17, 15) is 9.59 Å². The van der Waals surface area contributed by atoms with E-state index in [0.717, 1.165) is 32.1 Å². The van der Waals surface area contributed by atoms with Gasteiger partial charge in [0.1, 0.15) is 6.04 Å². The summed E-state index contributed by atoms with van der Waals surface area (Å²) in [6, 6.07) is -0.318. The second-order valence-electron chi connectivity index (χ2n) is 4.96. The van der Waals surface area contributed by atoms with Gasteiger partial charge < -0.3 is 5.32 Å². The molecule has 0 aromatic rings. The Balaban J connectivity index is 2.09. The summed E-state index contributed by atoms with van der Waals surface area (Å²) in [5.74, 6) is 0.217. The Bertz CT molecular complexity index is 297. The number of hydrogen-bond donors (Lipinski definition) is 1. The average Bonchev–Trinajstić information content (AvgIpc) is 2.86. The number of rotatable bonds is 3. The third kappa shape index (κ3) is 1.81. The molecule has 2 unspecified atom stereocenters. The maximum Gasteiger partial charge on any atom is 0.325 e. The monoisotopic (exact) mass is 224 g/mol. The van der Waals surface area contributed by atoms with E-state index in [4.69, 9.17) is 0 Å². The Kier molecular flexibility index (Phi) is 3.17. The fourth-order valence-electron chi connectivity index (χ4n) is 2.64. The minimum atomic E-state index is -0.293. The van der Waals surface area contributed by atoms with Crippen LogP contribution in [0.15, 0.2) is 0 Å². The normalized spacial score (nSPS) is 28.6. The summed E-state index contributed by atoms with van der Waals surface area (Å²) in [5, 5.41) is 2.82. The standard InChI is InChI=1S/C12H20N2O2/c1-3-8(2)10-11(15)14(12(16)13-10)9-6-4-5-7-9/h8-10H,3-7H2,1-2H3,(H,13,16). The van der Waals surface area contributed by atoms with E-state index >= 15 is 0 Å². The molecule has 1 aliphatic carbocycles. The molecule has 1 saturated carbocycles. The van der Waals surface area contributed by atoms with Crippen molar-refractivity contribution in [3.63, 3.8) is 0 Å². The lowest BCUT2D eigenvalue weighted by Gasteiger charge is -2.21. The lowest BCUT2D eigenvalue weighted by Crippen LogP contribution is -2.40. The van der Waals surface area contributed by atoms with Crippen LogP contribution >= 0.6 is 0 Å². The lowest BCUT2D eigenvalue weighted by atomic mass is 9.99. The van der Waals surface area contributed by atoms with Crippen LogP contribution in [0.4, 0.5) is 4.79 Å². The van der Waals surface area contributed by atoms with E-state index in [-0.39, 0.29) is 29.9 Å². The summed E-state index contributed by atoms with van der Waals surface area (Å²) < 4.78 is 0. The number of nitrogens with zero attached hydrogens (tertiary/aromatic N) is 1. The van der Waals surface area contributed by atoms with Crippen LogP contribution in [0, 0.1) is 5.92 Å². The summed E-state index contributed by atoms with van der Waals surface area (Å²) in [7, 11) is 0. The second-order valence-corrected chi connectivity index (χ2v) is 4.96. The van der Waals surface area contributed by atoms with Gasteiger partial charge in [-0.05, 0) is 18.8 Å². The molecule has 16 heavy (non-hydrogen) atoms. The van der Waals surface area contributed by atoms with Crippen LogP contribution in [0.1, 0.15) is 46.0 Å². The zero-order chi connectivity index (χ0) is 11.7. The van der Waals surface area contributed by atoms with Gasteiger partial charge in [0, 0.05) is 6.04 Å². The molecule has 2 rings (SSSR count). The fourth-order valence-corrected chi connectivity index (χ4v) is 2.64. The van der Waals surface area contributed by atoms with Crippen LogP contribution in [0.25, 0.3) is 0 Å². The number of amides is 3. The highest BCUT2D eigenvalue weighted by atomic mass is 16.2. The van der Waals surface area contributed by atoms with Gasteiger partial charge in [-0.25, -0.2) is 4.79 Å². The highest BCUT2D eigenvalue weighted by Crippen LogP contribution is 2.27. The summed E-state index contributed by atoms with van der Waals surface area (Å²) in [4.78, 5) is 25.4. The Morgan fingerprint density at radius 1 is 1.38 bits per heavy atom. The molecule has 4 heteroatoms. The van der Waals surface area contributed by atoms with Crippen molar-refractivity contribution in [1.29, 1.82) is 0 Å². The van der Waals surface area contributed by atoms with E-state index in [0.29, 0.717) is 0 Å². The highest BCUT2D eigenvalue weighted by molar-refractivity contribution is 6.04. The molecule has 1 heterocycles. The molecule has 0 radical (unpaired) electrons. The average molecular weight is 224 g/mol. The van der Waals surface area contributed by atoms with Gasteiger partial charge in [-0.15, -0.1) is 0 Å². The number of nitrogens with one attached hydrogen (secondary N) is 1. The van der Waals surface area contributed by atoms with E-state index in [1.807, 2.05) is 13.8 Å². The van der Waals surface area contributed by atoms with Crippen molar-refractivity contribution in [3.05, 3.63) is 0 Å². The topological polar surface area (TPSA) is 49.4 Å². The Morgan fingerprint density at radius 2 is 2.00 bits per heavy atom. The molecule has 2 aliphatic rings. The first-order valence-electron chi connectivity index (χ1n) is 6.28. The van der Waals surface area contributed by atoms with Crippen LogP contribution in [-0.2, 0) is 4.79 Å². The third-order valence-corrected chi connectivity index (χ3v) is 3.90. The zero-order valence-electron chi connectivity index (χ0n) is 10.0. The van der Waals surface area contributed by atoms with Crippen LogP contribution in [0.3, 0.4) is 0 Å². The lowest BCUT2D eigenvalue weighted by molar-refractivity contribution is -0.129. The van der Waals surface area contributed by atoms with E-state index in [1.54, 1.807) is 0 Å². The Morgan fingerprint density at radius 3 is 2.56 bits per heavy atom. The Hall–Kier alpha value is -1.06. The molecule has 3 amide bonds. The summed E-state index contributed by atoms with van der Waals surface area (Å²) in [6.07, 6.45) is 5.14. The van der Waals surface area contributed by atoms with Gasteiger partial charge in [0.05, 0.1) is 0 Å². The predicted molar refractivity (Wildman–Crippen MR) is 60.9 cm³/mol. The molecule has 1 saturated heterocycles. The SMILES string of the molecule is CCC(C)C1NC(=O)N(C2CCCC2)C1=O. The molecule has 90 valence electrons. The number of carbonyl (C=O) groups is 2. The van der Waals surface area contributed by atoms with E-state index in [1.165, 1.54) is 4.90 Å². The first kappa shape index (κ1) is 11.4. The van der Waals surface area contributed by atoms with Gasteiger partial charge in [0.15, 0.2) is 0 Å². The van der Waals surface area contributed by atoms with Crippen LogP contribution in [0.2, 0.25) is 0 Å². The molecule has 0 aromatic heterocycles. The van der Waals surface area contributed by atoms with Crippen LogP contribution < -0.4 is 5.32 Å². The number of urea groups is 1. The molecule has 1 aliphatic heterocycles. The van der Waals surface area contributed by atoms with Crippen LogP contribution in [-0.4, -0.2) is 28.9 Å². The van der Waals surface area contributed by atoms with Gasteiger partial charge in [-0.1, -0.05) is 33.1 Å². The maximum atomic E-state index is 12.1. The molecule has 2 atom stereocenters. The van der Waals surface area contributed by atoms with Gasteiger partial charge in [0.2, 0.25) is 0 Å². The number of imide groups is 1. The molecule has 4 nitrogen and oxygen atoms in total. The van der Waals surface area contributed by atoms with Crippen molar-refractivity contribution in [2.45, 2.75) is 58.0 Å². The largest absolute Gasteiger partial charge is 0.326 e. The Labute approximate surface area is 96.4 Å². The third-order valence-electron chi connectivity index (χ3n) is 3.90. The van der Waals surface area contributed by atoms with Crippen molar-refractivity contribution in [2.24, 2.45) is 5.92 Å². The maximum absolute atomic E-state index is 12.1. The van der Waals surface area contributed by atoms with E-state index < -0.39 is 0 Å². The minimum Gasteiger partial charge on any atom is -0.326 e. The van der Waals surface area contributed by atoms with Gasteiger partial charge in [-0.2, -0.15) is 0 Å².